The number of carbonyl (C=O) groups is 1. The molecule has 0 bridgehead atoms. The van der Waals surface area contributed by atoms with Crippen LogP contribution in [0, 0.1) is 0 Å². The van der Waals surface area contributed by atoms with Gasteiger partial charge in [-0.2, -0.15) is 5.10 Å². The minimum atomic E-state index is -0.512. The van der Waals surface area contributed by atoms with E-state index in [1.807, 2.05) is 32.4 Å². The summed E-state index contributed by atoms with van der Waals surface area (Å²) in [7, 11) is 0. The molecule has 3 N–H and O–H groups in total. The summed E-state index contributed by atoms with van der Waals surface area (Å²) in [5, 5.41) is 14.0. The first-order valence-corrected chi connectivity index (χ1v) is 10.2. The van der Waals surface area contributed by atoms with E-state index in [0.717, 1.165) is 50.6 Å². The van der Waals surface area contributed by atoms with E-state index in [2.05, 4.69) is 33.0 Å². The molecule has 1 aliphatic rings. The summed E-state index contributed by atoms with van der Waals surface area (Å²) in [4.78, 5) is 21.1. The topological polar surface area (TPSA) is 105 Å². The molecular weight excluding hydrogens is 358 g/mol. The van der Waals surface area contributed by atoms with Crippen molar-refractivity contribution in [2.24, 2.45) is 4.99 Å². The van der Waals surface area contributed by atoms with Gasteiger partial charge in [0, 0.05) is 19.0 Å². The Morgan fingerprint density at radius 1 is 1.43 bits per heavy atom. The van der Waals surface area contributed by atoms with E-state index in [4.69, 9.17) is 9.73 Å². The van der Waals surface area contributed by atoms with Crippen molar-refractivity contribution in [1.29, 1.82) is 0 Å². The van der Waals surface area contributed by atoms with Crippen molar-refractivity contribution >= 4 is 12.1 Å². The van der Waals surface area contributed by atoms with E-state index >= 15 is 0 Å². The highest BCUT2D eigenvalue weighted by Crippen LogP contribution is 2.11. The van der Waals surface area contributed by atoms with Crippen LogP contribution in [-0.2, 0) is 17.7 Å². The molecule has 28 heavy (non-hydrogen) atoms. The van der Waals surface area contributed by atoms with Crippen LogP contribution < -0.4 is 16.0 Å². The van der Waals surface area contributed by atoms with Gasteiger partial charge in [0.1, 0.15) is 17.8 Å². The van der Waals surface area contributed by atoms with Crippen molar-refractivity contribution in [3.8, 4) is 0 Å². The third-order valence-corrected chi connectivity index (χ3v) is 4.32. The van der Waals surface area contributed by atoms with E-state index in [9.17, 15) is 4.79 Å². The second kappa shape index (κ2) is 10.3. The van der Waals surface area contributed by atoms with Crippen molar-refractivity contribution in [1.82, 2.24) is 30.7 Å². The van der Waals surface area contributed by atoms with Gasteiger partial charge in [-0.25, -0.2) is 14.5 Å². The Morgan fingerprint density at radius 3 is 2.89 bits per heavy atom. The number of fused-ring (bicyclic) bond motifs is 1. The molecule has 2 heterocycles. The molecule has 2 rings (SSSR count). The van der Waals surface area contributed by atoms with E-state index in [0.29, 0.717) is 6.54 Å². The van der Waals surface area contributed by atoms with Gasteiger partial charge in [0.2, 0.25) is 0 Å². The fourth-order valence-corrected chi connectivity index (χ4v) is 3.10. The van der Waals surface area contributed by atoms with E-state index in [1.165, 1.54) is 0 Å². The van der Waals surface area contributed by atoms with Gasteiger partial charge in [0.15, 0.2) is 5.96 Å². The number of alkyl carbamates (subject to hydrolysis) is 1. The van der Waals surface area contributed by atoms with Crippen LogP contribution in [0.15, 0.2) is 11.3 Å². The number of carbonyl (C=O) groups excluding carboxylic acids is 1. The van der Waals surface area contributed by atoms with Gasteiger partial charge in [-0.05, 0) is 40.5 Å². The maximum Gasteiger partial charge on any atom is 0.407 e. The Bertz CT molecular complexity index is 651. The van der Waals surface area contributed by atoms with Crippen LogP contribution in [0.5, 0.6) is 0 Å². The molecule has 2 unspecified atom stereocenters. The van der Waals surface area contributed by atoms with Crippen LogP contribution in [-0.4, -0.2) is 57.6 Å². The van der Waals surface area contributed by atoms with Crippen LogP contribution in [0.25, 0.3) is 0 Å². The molecule has 1 aliphatic heterocycles. The average molecular weight is 394 g/mol. The molecule has 0 saturated carbocycles. The molecule has 0 radical (unpaired) electrons. The Balaban J connectivity index is 1.93. The molecule has 158 valence electrons. The van der Waals surface area contributed by atoms with Crippen LogP contribution in [0.1, 0.15) is 59.7 Å². The zero-order valence-electron chi connectivity index (χ0n) is 17.8. The average Bonchev–Trinajstić information content (AvgIpc) is 3.06. The molecule has 2 atom stereocenters. The van der Waals surface area contributed by atoms with Crippen molar-refractivity contribution in [3.63, 3.8) is 0 Å². The summed E-state index contributed by atoms with van der Waals surface area (Å²) in [5.74, 6) is 1.78. The fourth-order valence-electron chi connectivity index (χ4n) is 3.10. The molecular formula is C19H35N7O2. The SMILES string of the molecule is CCCC(CN=C(NCC)NC1CCc2ncnn2C1)NC(=O)OC(C)(C)C. The summed E-state index contributed by atoms with van der Waals surface area (Å²) in [6.07, 6.45) is 4.89. The summed E-state index contributed by atoms with van der Waals surface area (Å²) in [6, 6.07) is 0.180. The highest BCUT2D eigenvalue weighted by molar-refractivity contribution is 5.80. The smallest absolute Gasteiger partial charge is 0.407 e. The normalized spacial score (nSPS) is 18.2. The minimum absolute atomic E-state index is 0.0661. The zero-order chi connectivity index (χ0) is 20.6. The minimum Gasteiger partial charge on any atom is -0.444 e. The molecule has 9 nitrogen and oxygen atoms in total. The van der Waals surface area contributed by atoms with Gasteiger partial charge in [-0.1, -0.05) is 13.3 Å². The molecule has 1 aromatic heterocycles. The third kappa shape index (κ3) is 7.36. The first-order chi connectivity index (χ1) is 13.3. The highest BCUT2D eigenvalue weighted by Gasteiger charge is 2.22. The number of aryl methyl sites for hydroxylation is 1. The molecule has 0 spiro atoms. The number of aliphatic imine (C=N–C) groups is 1. The second-order valence-corrected chi connectivity index (χ2v) is 8.09. The predicted octanol–water partition coefficient (Wildman–Crippen LogP) is 1.84. The van der Waals surface area contributed by atoms with Crippen molar-refractivity contribution in [2.75, 3.05) is 13.1 Å². The highest BCUT2D eigenvalue weighted by atomic mass is 16.6. The summed E-state index contributed by atoms with van der Waals surface area (Å²) in [6.45, 7) is 11.7. The van der Waals surface area contributed by atoms with Crippen molar-refractivity contribution in [2.45, 2.75) is 84.5 Å². The maximum absolute atomic E-state index is 12.1. The number of hydrogen-bond donors (Lipinski definition) is 3. The lowest BCUT2D eigenvalue weighted by atomic mass is 10.1. The number of rotatable bonds is 7. The number of guanidine groups is 1. The fraction of sp³-hybridized carbons (Fsp3) is 0.789. The number of nitrogens with zero attached hydrogens (tertiary/aromatic N) is 4. The van der Waals surface area contributed by atoms with E-state index in [-0.39, 0.29) is 12.1 Å². The van der Waals surface area contributed by atoms with Crippen LogP contribution in [0.2, 0.25) is 0 Å². The van der Waals surface area contributed by atoms with E-state index < -0.39 is 11.7 Å². The van der Waals surface area contributed by atoms with Gasteiger partial charge >= 0.3 is 6.09 Å². The van der Waals surface area contributed by atoms with Gasteiger partial charge < -0.3 is 20.7 Å². The molecule has 1 aromatic rings. The predicted molar refractivity (Wildman–Crippen MR) is 109 cm³/mol. The van der Waals surface area contributed by atoms with Gasteiger partial charge in [0.25, 0.3) is 0 Å². The Labute approximate surface area is 167 Å². The third-order valence-electron chi connectivity index (χ3n) is 4.32. The van der Waals surface area contributed by atoms with Gasteiger partial charge in [0.05, 0.1) is 19.1 Å². The van der Waals surface area contributed by atoms with E-state index in [1.54, 1.807) is 6.33 Å². The second-order valence-electron chi connectivity index (χ2n) is 8.09. The zero-order valence-corrected chi connectivity index (χ0v) is 17.8. The number of hydrogen-bond acceptors (Lipinski definition) is 5. The van der Waals surface area contributed by atoms with Gasteiger partial charge in [-0.3, -0.25) is 4.99 Å². The number of nitrogens with one attached hydrogen (secondary N) is 3. The Kier molecular flexibility index (Phi) is 8.07. The molecule has 9 heteroatoms. The lowest BCUT2D eigenvalue weighted by molar-refractivity contribution is 0.0503. The summed E-state index contributed by atoms with van der Waals surface area (Å²) < 4.78 is 7.31. The molecule has 0 aromatic carbocycles. The first kappa shape index (κ1) is 22.0. The molecule has 0 fully saturated rings. The summed E-state index contributed by atoms with van der Waals surface area (Å²) >= 11 is 0. The van der Waals surface area contributed by atoms with Crippen molar-refractivity contribution < 1.29 is 9.53 Å². The quantitative estimate of drug-likeness (QED) is 0.482. The molecule has 1 amide bonds. The lowest BCUT2D eigenvalue weighted by Gasteiger charge is -2.26. The largest absolute Gasteiger partial charge is 0.444 e. The number of aromatic nitrogens is 3. The monoisotopic (exact) mass is 393 g/mol. The Hall–Kier alpha value is -2.32. The van der Waals surface area contributed by atoms with Crippen LogP contribution >= 0.6 is 0 Å². The first-order valence-electron chi connectivity index (χ1n) is 10.2. The van der Waals surface area contributed by atoms with Crippen molar-refractivity contribution in [3.05, 3.63) is 12.2 Å². The van der Waals surface area contributed by atoms with Crippen LogP contribution in [0.4, 0.5) is 4.79 Å². The Morgan fingerprint density at radius 2 is 2.21 bits per heavy atom. The lowest BCUT2D eigenvalue weighted by Crippen LogP contribution is -2.48. The molecule has 0 aliphatic carbocycles. The number of amides is 1. The van der Waals surface area contributed by atoms with Crippen LogP contribution in [0.3, 0.4) is 0 Å². The van der Waals surface area contributed by atoms with Gasteiger partial charge in [-0.15, -0.1) is 0 Å². The molecule has 0 saturated heterocycles. The maximum atomic E-state index is 12.1. The summed E-state index contributed by atoms with van der Waals surface area (Å²) in [5.41, 5.74) is -0.512. The standard InChI is InChI=1S/C19H35N7O2/c1-6-8-14(25-18(27)28-19(3,4)5)11-21-17(20-7-2)24-15-9-10-16-22-13-23-26(16)12-15/h13-15H,6-12H2,1-5H3,(H,25,27)(H2,20,21,24). The number of ether oxygens (including phenoxy) is 1.